The topological polar surface area (TPSA) is 30.2 Å². The third kappa shape index (κ3) is 1.62. The van der Waals surface area contributed by atoms with E-state index in [4.69, 9.17) is 4.42 Å². The Kier molecular flexibility index (Phi) is 2.77. The number of hydrogen-bond donors (Lipinski definition) is 0. The third-order valence-electron chi connectivity index (χ3n) is 1.47. The normalized spacial score (nSPS) is 9.33. The maximum atomic E-state index is 10.7. The molecule has 0 aliphatic heterocycles. The van der Waals surface area contributed by atoms with Crippen molar-refractivity contribution in [1.29, 1.82) is 0 Å². The van der Waals surface area contributed by atoms with E-state index in [9.17, 15) is 4.79 Å². The van der Waals surface area contributed by atoms with Crippen molar-refractivity contribution in [3.05, 3.63) is 46.8 Å². The van der Waals surface area contributed by atoms with Gasteiger partial charge in [0.05, 0.1) is 0 Å². The largest absolute Gasteiger partial charge is 0.487 e. The summed E-state index contributed by atoms with van der Waals surface area (Å²) in [6.07, 6.45) is 0. The minimum Gasteiger partial charge on any atom is -0.487 e. The van der Waals surface area contributed by atoms with Gasteiger partial charge in [-0.05, 0) is 0 Å². The molecule has 3 heteroatoms. The summed E-state index contributed by atoms with van der Waals surface area (Å²) in [5.41, 5.74) is 0.261. The predicted molar refractivity (Wildman–Crippen MR) is 41.3 cm³/mol. The standard InChI is InChI=1S/C9H5O2.Rh/c10-9-6-5-7-3-1-2-4-8(7)11-9;/h1,3-6H;/q-1;. The van der Waals surface area contributed by atoms with Gasteiger partial charge < -0.3 is 4.42 Å². The van der Waals surface area contributed by atoms with Crippen LogP contribution in [-0.4, -0.2) is 0 Å². The Balaban J connectivity index is 0.000000720. The van der Waals surface area contributed by atoms with Crippen LogP contribution in [0.15, 0.2) is 39.5 Å². The molecule has 63 valence electrons. The van der Waals surface area contributed by atoms with Crippen molar-refractivity contribution in [2.24, 2.45) is 0 Å². The van der Waals surface area contributed by atoms with Crippen LogP contribution >= 0.6 is 0 Å². The van der Waals surface area contributed by atoms with E-state index in [0.717, 1.165) is 5.39 Å². The third-order valence-corrected chi connectivity index (χ3v) is 1.47. The molecular weight excluding hydrogens is 243 g/mol. The molecule has 1 heterocycles. The van der Waals surface area contributed by atoms with Crippen molar-refractivity contribution in [1.82, 2.24) is 0 Å². The number of fused-ring (bicyclic) bond motifs is 1. The number of rotatable bonds is 0. The van der Waals surface area contributed by atoms with Gasteiger partial charge in [-0.1, -0.05) is 11.5 Å². The summed E-state index contributed by atoms with van der Waals surface area (Å²) in [5, 5.41) is 0.920. The Labute approximate surface area is 82.0 Å². The molecule has 0 aliphatic carbocycles. The average molecular weight is 248 g/mol. The van der Waals surface area contributed by atoms with Crippen LogP contribution in [0.4, 0.5) is 0 Å². The Morgan fingerprint density at radius 1 is 1.25 bits per heavy atom. The van der Waals surface area contributed by atoms with E-state index in [0.29, 0.717) is 5.58 Å². The Bertz CT molecular complexity index is 433. The first kappa shape index (κ1) is 9.14. The molecular formula is C9H5O2Rh-. The van der Waals surface area contributed by atoms with Gasteiger partial charge >= 0.3 is 5.63 Å². The first-order valence-electron chi connectivity index (χ1n) is 3.26. The van der Waals surface area contributed by atoms with E-state index in [1.165, 1.54) is 6.07 Å². The molecule has 0 N–H and O–H groups in total. The second-order valence-electron chi connectivity index (χ2n) is 2.22. The van der Waals surface area contributed by atoms with Gasteiger partial charge in [0.1, 0.15) is 0 Å². The summed E-state index contributed by atoms with van der Waals surface area (Å²) >= 11 is 0. The molecule has 0 amide bonds. The van der Waals surface area contributed by atoms with Crippen LogP contribution in [-0.2, 0) is 19.5 Å². The average Bonchev–Trinajstić information content (AvgIpc) is 2.04. The van der Waals surface area contributed by atoms with Crippen LogP contribution in [0.25, 0.3) is 11.0 Å². The van der Waals surface area contributed by atoms with Crippen LogP contribution < -0.4 is 5.63 Å². The molecule has 0 bridgehead atoms. The van der Waals surface area contributed by atoms with Gasteiger partial charge in [0.15, 0.2) is 0 Å². The first-order chi connectivity index (χ1) is 5.36. The van der Waals surface area contributed by atoms with E-state index in [1.54, 1.807) is 18.2 Å². The predicted octanol–water partition coefficient (Wildman–Crippen LogP) is 1.59. The number of benzene rings is 1. The molecule has 2 nitrogen and oxygen atoms in total. The summed E-state index contributed by atoms with van der Waals surface area (Å²) in [6.45, 7) is 0. The molecule has 0 spiro atoms. The smallest absolute Gasteiger partial charge is 0.324 e. The Morgan fingerprint density at radius 2 is 2.08 bits per heavy atom. The summed E-state index contributed by atoms with van der Waals surface area (Å²) < 4.78 is 4.87. The van der Waals surface area contributed by atoms with Gasteiger partial charge in [-0.15, -0.1) is 6.07 Å². The second kappa shape index (κ2) is 3.64. The zero-order valence-corrected chi connectivity index (χ0v) is 7.68. The Morgan fingerprint density at radius 3 is 2.92 bits per heavy atom. The molecule has 1 aromatic heterocycles. The van der Waals surface area contributed by atoms with Crippen molar-refractivity contribution >= 4 is 11.0 Å². The van der Waals surface area contributed by atoms with Crippen molar-refractivity contribution in [3.8, 4) is 0 Å². The number of hydrogen-bond acceptors (Lipinski definition) is 2. The maximum Gasteiger partial charge on any atom is 0.324 e. The van der Waals surface area contributed by atoms with Crippen LogP contribution in [0.1, 0.15) is 0 Å². The molecule has 2 aromatic rings. The molecule has 0 aliphatic rings. The fourth-order valence-electron chi connectivity index (χ4n) is 0.953. The zero-order chi connectivity index (χ0) is 7.68. The summed E-state index contributed by atoms with van der Waals surface area (Å²) in [4.78, 5) is 10.7. The van der Waals surface area contributed by atoms with Crippen LogP contribution in [0.5, 0.6) is 0 Å². The van der Waals surface area contributed by atoms with Gasteiger partial charge in [-0.2, -0.15) is 18.2 Å². The van der Waals surface area contributed by atoms with E-state index in [-0.39, 0.29) is 25.1 Å². The quantitative estimate of drug-likeness (QED) is 0.402. The monoisotopic (exact) mass is 248 g/mol. The molecule has 1 radical (unpaired) electrons. The molecule has 1 aromatic carbocycles. The summed E-state index contributed by atoms with van der Waals surface area (Å²) in [5.74, 6) is 0. The summed E-state index contributed by atoms with van der Waals surface area (Å²) in [7, 11) is 0. The van der Waals surface area contributed by atoms with E-state index in [2.05, 4.69) is 6.07 Å². The van der Waals surface area contributed by atoms with Gasteiger partial charge in [-0.25, -0.2) is 4.79 Å². The molecule has 0 saturated heterocycles. The molecule has 0 saturated carbocycles. The van der Waals surface area contributed by atoms with Gasteiger partial charge in [0, 0.05) is 31.1 Å². The van der Waals surface area contributed by atoms with Crippen molar-refractivity contribution < 1.29 is 23.9 Å². The molecule has 12 heavy (non-hydrogen) atoms. The maximum absolute atomic E-state index is 10.7. The van der Waals surface area contributed by atoms with Gasteiger partial charge in [-0.3, -0.25) is 0 Å². The minimum atomic E-state index is -0.322. The summed E-state index contributed by atoms with van der Waals surface area (Å²) in [6, 6.07) is 11.2. The van der Waals surface area contributed by atoms with E-state index < -0.39 is 0 Å². The van der Waals surface area contributed by atoms with Crippen molar-refractivity contribution in [2.45, 2.75) is 0 Å². The minimum absolute atomic E-state index is 0. The fourth-order valence-corrected chi connectivity index (χ4v) is 0.953. The zero-order valence-electron chi connectivity index (χ0n) is 6.04. The van der Waals surface area contributed by atoms with Gasteiger partial charge in [0.2, 0.25) is 0 Å². The van der Waals surface area contributed by atoms with Crippen LogP contribution in [0.2, 0.25) is 0 Å². The first-order valence-corrected chi connectivity index (χ1v) is 3.26. The van der Waals surface area contributed by atoms with Crippen molar-refractivity contribution in [2.75, 3.05) is 0 Å². The van der Waals surface area contributed by atoms with Gasteiger partial charge in [0.25, 0.3) is 0 Å². The van der Waals surface area contributed by atoms with Crippen LogP contribution in [0.3, 0.4) is 0 Å². The molecule has 2 rings (SSSR count). The Hall–Kier alpha value is -0.947. The molecule has 0 unspecified atom stereocenters. The molecule has 0 atom stereocenters. The SMILES string of the molecule is O=c1ccc2cc[c-]cc2o1.[Rh]. The van der Waals surface area contributed by atoms with E-state index >= 15 is 0 Å². The van der Waals surface area contributed by atoms with Crippen molar-refractivity contribution in [3.63, 3.8) is 0 Å². The second-order valence-corrected chi connectivity index (χ2v) is 2.22. The molecule has 0 fully saturated rings. The van der Waals surface area contributed by atoms with Crippen LogP contribution in [0, 0.1) is 6.07 Å². The fraction of sp³-hybridized carbons (Fsp3) is 0. The van der Waals surface area contributed by atoms with E-state index in [1.807, 2.05) is 6.07 Å².